The summed E-state index contributed by atoms with van der Waals surface area (Å²) >= 11 is 5.61. The normalized spacial score (nSPS) is 18.9. The van der Waals surface area contributed by atoms with Crippen LogP contribution in [-0.2, 0) is 6.42 Å². The van der Waals surface area contributed by atoms with Gasteiger partial charge in [0.1, 0.15) is 0 Å². The topological polar surface area (TPSA) is 33.1 Å². The highest BCUT2D eigenvalue weighted by atomic mass is 32.1. The molecule has 0 saturated carbocycles. The van der Waals surface area contributed by atoms with E-state index in [1.807, 2.05) is 18.3 Å². The Balaban J connectivity index is 1.87. The Morgan fingerprint density at radius 1 is 1.10 bits per heavy atom. The second-order valence-electron chi connectivity index (χ2n) is 7.84. The number of aryl methyl sites for hydroxylation is 3. The van der Waals surface area contributed by atoms with Crippen LogP contribution in [0.4, 0.5) is 0 Å². The van der Waals surface area contributed by atoms with Crippen molar-refractivity contribution in [1.82, 2.24) is 19.8 Å². The molecule has 2 atom stereocenters. The zero-order valence-electron chi connectivity index (χ0n) is 17.7. The van der Waals surface area contributed by atoms with Crippen molar-refractivity contribution in [1.29, 1.82) is 0 Å². The maximum atomic E-state index is 5.61. The van der Waals surface area contributed by atoms with Gasteiger partial charge < -0.3 is 14.8 Å². The Morgan fingerprint density at radius 2 is 1.90 bits per heavy atom. The van der Waals surface area contributed by atoms with Crippen LogP contribution < -0.4 is 5.32 Å². The van der Waals surface area contributed by atoms with Gasteiger partial charge in [0.2, 0.25) is 0 Å². The molecule has 1 saturated heterocycles. The third kappa shape index (κ3) is 3.23. The molecule has 5 heteroatoms. The van der Waals surface area contributed by atoms with Gasteiger partial charge in [-0.3, -0.25) is 4.98 Å². The fourth-order valence-electron chi connectivity index (χ4n) is 4.60. The van der Waals surface area contributed by atoms with E-state index < -0.39 is 0 Å². The average molecular weight is 405 g/mol. The number of nitrogens with one attached hydrogen (secondary N) is 1. The minimum Gasteiger partial charge on any atom is -0.352 e. The van der Waals surface area contributed by atoms with Crippen molar-refractivity contribution < 1.29 is 0 Å². The van der Waals surface area contributed by atoms with Crippen molar-refractivity contribution in [3.63, 3.8) is 0 Å². The van der Waals surface area contributed by atoms with Gasteiger partial charge in [-0.1, -0.05) is 31.2 Å². The lowest BCUT2D eigenvalue weighted by molar-refractivity contribution is 0.367. The number of hydrogen-bond acceptors (Lipinski definition) is 2. The van der Waals surface area contributed by atoms with Crippen LogP contribution in [0.15, 0.2) is 48.7 Å². The number of hydrogen-bond donors (Lipinski definition) is 1. The number of likely N-dealkylation sites (N-methyl/N-ethyl adjacent to an activating group) is 1. The molecule has 1 N–H and O–H groups in total. The lowest BCUT2D eigenvalue weighted by Gasteiger charge is -2.25. The monoisotopic (exact) mass is 404 g/mol. The minimum absolute atomic E-state index is 0.0326. The van der Waals surface area contributed by atoms with Crippen LogP contribution in [0.2, 0.25) is 0 Å². The molecule has 1 aliphatic rings. The quantitative estimate of drug-likeness (QED) is 0.623. The fraction of sp³-hybridized carbons (Fsp3) is 0.333. The molecule has 0 amide bonds. The summed E-state index contributed by atoms with van der Waals surface area (Å²) in [6.45, 7) is 8.83. The fourth-order valence-corrected chi connectivity index (χ4v) is 4.84. The van der Waals surface area contributed by atoms with E-state index >= 15 is 0 Å². The molecule has 1 fully saturated rings. The molecule has 4 rings (SSSR count). The Hall–Kier alpha value is -2.66. The molecule has 0 unspecified atom stereocenters. The Morgan fingerprint density at radius 3 is 2.59 bits per heavy atom. The second kappa shape index (κ2) is 7.64. The zero-order valence-corrected chi connectivity index (χ0v) is 18.5. The van der Waals surface area contributed by atoms with E-state index in [0.717, 1.165) is 17.2 Å². The van der Waals surface area contributed by atoms with Crippen LogP contribution in [0, 0.1) is 20.8 Å². The Bertz CT molecular complexity index is 1050. The molecule has 0 bridgehead atoms. The first kappa shape index (κ1) is 19.6. The molecule has 3 aromatic rings. The van der Waals surface area contributed by atoms with Crippen LogP contribution in [0.25, 0.3) is 5.69 Å². The molecule has 150 valence electrons. The van der Waals surface area contributed by atoms with Crippen molar-refractivity contribution in [2.45, 2.75) is 46.2 Å². The van der Waals surface area contributed by atoms with Crippen LogP contribution >= 0.6 is 12.2 Å². The lowest BCUT2D eigenvalue weighted by atomic mass is 9.97. The predicted molar refractivity (Wildman–Crippen MR) is 123 cm³/mol. The highest BCUT2D eigenvalue weighted by Crippen LogP contribution is 2.40. The maximum absolute atomic E-state index is 5.61. The second-order valence-corrected chi connectivity index (χ2v) is 8.22. The van der Waals surface area contributed by atoms with Gasteiger partial charge >= 0.3 is 0 Å². The number of benzene rings is 1. The number of thiocarbonyl (C=S) groups is 1. The summed E-state index contributed by atoms with van der Waals surface area (Å²) in [5.74, 6) is 0. The molecule has 29 heavy (non-hydrogen) atoms. The molecule has 4 nitrogen and oxygen atoms in total. The van der Waals surface area contributed by atoms with E-state index in [1.165, 1.54) is 33.8 Å². The third-order valence-corrected chi connectivity index (χ3v) is 6.46. The summed E-state index contributed by atoms with van der Waals surface area (Å²) in [5.41, 5.74) is 8.78. The lowest BCUT2D eigenvalue weighted by Crippen LogP contribution is -2.25. The Kier molecular flexibility index (Phi) is 5.17. The van der Waals surface area contributed by atoms with Crippen LogP contribution in [0.5, 0.6) is 0 Å². The molecule has 0 spiro atoms. The van der Waals surface area contributed by atoms with Gasteiger partial charge in [0.15, 0.2) is 5.11 Å². The highest BCUT2D eigenvalue weighted by molar-refractivity contribution is 7.80. The Labute approximate surface area is 178 Å². The third-order valence-electron chi connectivity index (χ3n) is 6.05. The molecule has 0 radical (unpaired) electrons. The van der Waals surface area contributed by atoms with Gasteiger partial charge in [0.25, 0.3) is 0 Å². The first-order valence-electron chi connectivity index (χ1n) is 10.2. The first-order chi connectivity index (χ1) is 13.9. The molecular formula is C24H28N4S. The first-order valence-corrected chi connectivity index (χ1v) is 10.6. The summed E-state index contributed by atoms with van der Waals surface area (Å²) in [6.07, 6.45) is 2.86. The number of aromatic nitrogens is 2. The van der Waals surface area contributed by atoms with Crippen LogP contribution in [-0.4, -0.2) is 26.6 Å². The SMILES string of the molecule is CCc1cccc(C)c1-n1c(C)cc([C@H]2[C@@H](c3ccccn3)NC(=S)N2C)c1C. The zero-order chi connectivity index (χ0) is 20.7. The molecule has 1 aliphatic heterocycles. The average Bonchev–Trinajstić information content (AvgIpc) is 3.17. The van der Waals surface area contributed by atoms with Crippen molar-refractivity contribution in [2.24, 2.45) is 0 Å². The van der Waals surface area contributed by atoms with Crippen molar-refractivity contribution in [2.75, 3.05) is 7.05 Å². The van der Waals surface area contributed by atoms with Gasteiger partial charge in [-0.05, 0) is 74.3 Å². The van der Waals surface area contributed by atoms with Crippen molar-refractivity contribution in [3.8, 4) is 5.69 Å². The van der Waals surface area contributed by atoms with E-state index in [9.17, 15) is 0 Å². The summed E-state index contributed by atoms with van der Waals surface area (Å²) in [6, 6.07) is 15.1. The summed E-state index contributed by atoms with van der Waals surface area (Å²) in [4.78, 5) is 6.77. The van der Waals surface area contributed by atoms with Crippen molar-refractivity contribution in [3.05, 3.63) is 82.4 Å². The summed E-state index contributed by atoms with van der Waals surface area (Å²) < 4.78 is 2.41. The van der Waals surface area contributed by atoms with E-state index in [2.05, 4.69) is 84.8 Å². The van der Waals surface area contributed by atoms with Gasteiger partial charge in [0.05, 0.1) is 23.5 Å². The molecule has 1 aromatic carbocycles. The minimum atomic E-state index is 0.0326. The van der Waals surface area contributed by atoms with Gasteiger partial charge in [-0.2, -0.15) is 0 Å². The molecular weight excluding hydrogens is 376 g/mol. The van der Waals surface area contributed by atoms with E-state index in [-0.39, 0.29) is 12.1 Å². The maximum Gasteiger partial charge on any atom is 0.169 e. The van der Waals surface area contributed by atoms with Gasteiger partial charge in [0, 0.05) is 24.6 Å². The molecule has 2 aromatic heterocycles. The standard InChI is InChI=1S/C24H28N4S/c1-6-18-11-9-10-15(2)22(18)28-16(3)14-19(17(28)4)23-21(26-24(29)27(23)5)20-12-7-8-13-25-20/h7-14,21,23H,6H2,1-5H3,(H,26,29)/t21-,23+/m1/s1. The van der Waals surface area contributed by atoms with Crippen LogP contribution in [0.3, 0.4) is 0 Å². The number of nitrogens with zero attached hydrogens (tertiary/aromatic N) is 3. The number of para-hydroxylation sites is 1. The number of rotatable bonds is 4. The van der Waals surface area contributed by atoms with Crippen molar-refractivity contribution >= 4 is 17.3 Å². The summed E-state index contributed by atoms with van der Waals surface area (Å²) in [5, 5.41) is 4.25. The molecule has 0 aliphatic carbocycles. The molecule has 3 heterocycles. The van der Waals surface area contributed by atoms with E-state index in [0.29, 0.717) is 0 Å². The smallest absolute Gasteiger partial charge is 0.169 e. The van der Waals surface area contributed by atoms with Gasteiger partial charge in [-0.25, -0.2) is 0 Å². The number of pyridine rings is 1. The largest absolute Gasteiger partial charge is 0.352 e. The predicted octanol–water partition coefficient (Wildman–Crippen LogP) is 4.96. The highest BCUT2D eigenvalue weighted by Gasteiger charge is 2.39. The van der Waals surface area contributed by atoms with Crippen LogP contribution in [0.1, 0.15) is 52.8 Å². The summed E-state index contributed by atoms with van der Waals surface area (Å²) in [7, 11) is 2.07. The van der Waals surface area contributed by atoms with E-state index in [4.69, 9.17) is 12.2 Å². The van der Waals surface area contributed by atoms with E-state index in [1.54, 1.807) is 0 Å². The van der Waals surface area contributed by atoms with Gasteiger partial charge in [-0.15, -0.1) is 0 Å².